The summed E-state index contributed by atoms with van der Waals surface area (Å²) in [6, 6.07) is 0. The van der Waals surface area contributed by atoms with Crippen LogP contribution in [-0.2, 0) is 0 Å². The van der Waals surface area contributed by atoms with Crippen molar-refractivity contribution in [2.75, 3.05) is 16.7 Å². The van der Waals surface area contributed by atoms with Gasteiger partial charge in [-0.1, -0.05) is 28.7 Å². The van der Waals surface area contributed by atoms with Gasteiger partial charge in [-0.3, -0.25) is 0 Å². The van der Waals surface area contributed by atoms with Crippen LogP contribution in [0.1, 0.15) is 6.42 Å². The van der Waals surface area contributed by atoms with Gasteiger partial charge in [-0.05, 0) is 6.42 Å². The first-order valence-electron chi connectivity index (χ1n) is 3.06. The standard InChI is InChI=1S/C6H10INS/c7-3-1-2-6-8-4-5-9-6/h2,8H,1,3-5H2/b6-2+. The zero-order valence-electron chi connectivity index (χ0n) is 5.19. The molecule has 0 unspecified atom stereocenters. The molecule has 1 saturated heterocycles. The molecule has 1 heterocycles. The van der Waals surface area contributed by atoms with E-state index >= 15 is 0 Å². The van der Waals surface area contributed by atoms with E-state index in [1.54, 1.807) is 0 Å². The maximum absolute atomic E-state index is 3.31. The highest BCUT2D eigenvalue weighted by Crippen LogP contribution is 2.17. The third-order valence-electron chi connectivity index (χ3n) is 1.10. The van der Waals surface area contributed by atoms with Crippen molar-refractivity contribution in [3.63, 3.8) is 0 Å². The van der Waals surface area contributed by atoms with Gasteiger partial charge in [-0.2, -0.15) is 0 Å². The summed E-state index contributed by atoms with van der Waals surface area (Å²) >= 11 is 4.32. The minimum absolute atomic E-state index is 1.15. The first-order valence-corrected chi connectivity index (χ1v) is 5.57. The predicted molar refractivity (Wildman–Crippen MR) is 52.0 cm³/mol. The summed E-state index contributed by atoms with van der Waals surface area (Å²) in [7, 11) is 0. The zero-order chi connectivity index (χ0) is 6.53. The first-order chi connectivity index (χ1) is 4.43. The molecule has 1 rings (SSSR count). The lowest BCUT2D eigenvalue weighted by molar-refractivity contribution is 0.939. The predicted octanol–water partition coefficient (Wildman–Crippen LogP) is 1.99. The maximum atomic E-state index is 3.31. The number of nitrogens with one attached hydrogen (secondary N) is 1. The van der Waals surface area contributed by atoms with Crippen LogP contribution < -0.4 is 5.32 Å². The molecule has 9 heavy (non-hydrogen) atoms. The summed E-state index contributed by atoms with van der Waals surface area (Å²) in [5.41, 5.74) is 0. The normalized spacial score (nSPS) is 22.6. The topological polar surface area (TPSA) is 12.0 Å². The van der Waals surface area contributed by atoms with Crippen molar-refractivity contribution < 1.29 is 0 Å². The van der Waals surface area contributed by atoms with E-state index in [0.29, 0.717) is 0 Å². The fourth-order valence-corrected chi connectivity index (χ4v) is 1.88. The minimum atomic E-state index is 1.15. The first kappa shape index (κ1) is 7.72. The van der Waals surface area contributed by atoms with Crippen molar-refractivity contribution in [1.82, 2.24) is 5.32 Å². The summed E-state index contributed by atoms with van der Waals surface area (Å²) in [5.74, 6) is 1.24. The number of halogens is 1. The molecule has 1 N–H and O–H groups in total. The van der Waals surface area contributed by atoms with Gasteiger partial charge in [0.05, 0.1) is 5.03 Å². The molecule has 1 aliphatic rings. The van der Waals surface area contributed by atoms with Crippen molar-refractivity contribution in [2.24, 2.45) is 0 Å². The molecule has 0 amide bonds. The Balaban J connectivity index is 2.22. The Kier molecular flexibility index (Phi) is 3.81. The maximum Gasteiger partial charge on any atom is 0.0641 e. The number of hydrogen-bond acceptors (Lipinski definition) is 2. The molecule has 0 spiro atoms. The van der Waals surface area contributed by atoms with E-state index in [-0.39, 0.29) is 0 Å². The highest BCUT2D eigenvalue weighted by atomic mass is 127. The molecule has 1 nitrogen and oxygen atoms in total. The summed E-state index contributed by atoms with van der Waals surface area (Å²) in [6.45, 7) is 1.15. The minimum Gasteiger partial charge on any atom is -0.379 e. The van der Waals surface area contributed by atoms with Crippen LogP contribution >= 0.6 is 34.4 Å². The van der Waals surface area contributed by atoms with Crippen molar-refractivity contribution in [2.45, 2.75) is 6.42 Å². The average molecular weight is 255 g/mol. The van der Waals surface area contributed by atoms with Gasteiger partial charge < -0.3 is 5.32 Å². The number of hydrogen-bond donors (Lipinski definition) is 1. The van der Waals surface area contributed by atoms with E-state index in [4.69, 9.17) is 0 Å². The van der Waals surface area contributed by atoms with Crippen LogP contribution in [0.25, 0.3) is 0 Å². The molecule has 0 saturated carbocycles. The van der Waals surface area contributed by atoms with Crippen LogP contribution in [0.15, 0.2) is 11.1 Å². The molecule has 0 radical (unpaired) electrons. The van der Waals surface area contributed by atoms with E-state index in [1.165, 1.54) is 21.6 Å². The molecular formula is C6H10INS. The molecule has 0 aromatic rings. The fourth-order valence-electron chi connectivity index (χ4n) is 0.703. The lowest BCUT2D eigenvalue weighted by Gasteiger charge is -1.93. The van der Waals surface area contributed by atoms with E-state index in [1.807, 2.05) is 11.8 Å². The van der Waals surface area contributed by atoms with Crippen molar-refractivity contribution in [1.29, 1.82) is 0 Å². The Morgan fingerprint density at radius 2 is 2.67 bits per heavy atom. The summed E-state index contributed by atoms with van der Waals surface area (Å²) < 4.78 is 1.23. The second-order valence-electron chi connectivity index (χ2n) is 1.82. The molecule has 52 valence electrons. The quantitative estimate of drug-likeness (QED) is 0.598. The molecule has 0 atom stereocenters. The van der Waals surface area contributed by atoms with Crippen LogP contribution in [0.4, 0.5) is 0 Å². The van der Waals surface area contributed by atoms with E-state index in [2.05, 4.69) is 34.0 Å². The molecule has 1 fully saturated rings. The third-order valence-corrected chi connectivity index (χ3v) is 2.75. The Morgan fingerprint density at radius 1 is 1.78 bits per heavy atom. The van der Waals surface area contributed by atoms with E-state index in [0.717, 1.165) is 6.54 Å². The second-order valence-corrected chi connectivity index (χ2v) is 4.04. The Labute approximate surface area is 73.8 Å². The molecule has 0 aliphatic carbocycles. The van der Waals surface area contributed by atoms with Crippen LogP contribution in [-0.4, -0.2) is 16.7 Å². The van der Waals surface area contributed by atoms with Gasteiger partial charge >= 0.3 is 0 Å². The molecular weight excluding hydrogens is 245 g/mol. The van der Waals surface area contributed by atoms with Crippen LogP contribution in [0.5, 0.6) is 0 Å². The molecule has 0 bridgehead atoms. The van der Waals surface area contributed by atoms with Gasteiger partial charge in [0, 0.05) is 16.7 Å². The van der Waals surface area contributed by atoms with Crippen LogP contribution in [0.3, 0.4) is 0 Å². The Hall–Kier alpha value is 0.620. The Bertz CT molecular complexity index is 106. The molecule has 0 aromatic carbocycles. The van der Waals surface area contributed by atoms with Gasteiger partial charge in [-0.15, -0.1) is 11.8 Å². The zero-order valence-corrected chi connectivity index (χ0v) is 8.17. The van der Waals surface area contributed by atoms with E-state index in [9.17, 15) is 0 Å². The monoisotopic (exact) mass is 255 g/mol. The van der Waals surface area contributed by atoms with Gasteiger partial charge in [0.25, 0.3) is 0 Å². The lowest BCUT2D eigenvalue weighted by atomic mass is 10.5. The molecule has 0 aromatic heterocycles. The Morgan fingerprint density at radius 3 is 3.22 bits per heavy atom. The SMILES string of the molecule is ICC/C=C1\NCCS1. The number of alkyl halides is 1. The van der Waals surface area contributed by atoms with Crippen molar-refractivity contribution in [3.8, 4) is 0 Å². The second kappa shape index (κ2) is 4.44. The smallest absolute Gasteiger partial charge is 0.0641 e. The van der Waals surface area contributed by atoms with Gasteiger partial charge in [0.1, 0.15) is 0 Å². The highest BCUT2D eigenvalue weighted by molar-refractivity contribution is 14.1. The van der Waals surface area contributed by atoms with Crippen molar-refractivity contribution in [3.05, 3.63) is 11.1 Å². The average Bonchev–Trinajstić information content (AvgIpc) is 2.34. The fraction of sp³-hybridized carbons (Fsp3) is 0.667. The molecule has 3 heteroatoms. The summed E-state index contributed by atoms with van der Waals surface area (Å²) in [5, 5.41) is 4.69. The largest absolute Gasteiger partial charge is 0.379 e. The third kappa shape index (κ3) is 2.80. The highest BCUT2D eigenvalue weighted by Gasteiger charge is 2.03. The number of thioether (sulfide) groups is 1. The van der Waals surface area contributed by atoms with Crippen LogP contribution in [0, 0.1) is 0 Å². The van der Waals surface area contributed by atoms with Crippen LogP contribution in [0.2, 0.25) is 0 Å². The summed E-state index contributed by atoms with van der Waals surface area (Å²) in [4.78, 5) is 0. The number of rotatable bonds is 2. The van der Waals surface area contributed by atoms with E-state index < -0.39 is 0 Å². The molecule has 1 aliphatic heterocycles. The van der Waals surface area contributed by atoms with Gasteiger partial charge in [0.15, 0.2) is 0 Å². The number of allylic oxidation sites excluding steroid dienone is 1. The van der Waals surface area contributed by atoms with Gasteiger partial charge in [0.2, 0.25) is 0 Å². The van der Waals surface area contributed by atoms with Crippen molar-refractivity contribution >= 4 is 34.4 Å². The summed E-state index contributed by atoms with van der Waals surface area (Å²) in [6.07, 6.45) is 3.49. The van der Waals surface area contributed by atoms with Gasteiger partial charge in [-0.25, -0.2) is 0 Å². The lowest BCUT2D eigenvalue weighted by Crippen LogP contribution is -2.03.